The summed E-state index contributed by atoms with van der Waals surface area (Å²) in [5.74, 6) is 0.0359. The van der Waals surface area contributed by atoms with Crippen molar-refractivity contribution >= 4 is 11.6 Å². The number of aryl methyl sites for hydroxylation is 1. The van der Waals surface area contributed by atoms with Gasteiger partial charge in [0.05, 0.1) is 6.04 Å². The van der Waals surface area contributed by atoms with Gasteiger partial charge >= 0.3 is 0 Å². The van der Waals surface area contributed by atoms with Crippen LogP contribution in [0.5, 0.6) is 0 Å². The third-order valence-electron chi connectivity index (χ3n) is 3.80. The zero-order chi connectivity index (χ0) is 13.9. The highest BCUT2D eigenvalue weighted by atomic mass is 16.2. The number of rotatable bonds is 2. The molecule has 102 valence electrons. The molecular formula is C17H18N2O. The van der Waals surface area contributed by atoms with Crippen molar-refractivity contribution in [2.45, 2.75) is 25.9 Å². The van der Waals surface area contributed by atoms with E-state index < -0.39 is 0 Å². The number of nitrogens with one attached hydrogen (secondary N) is 2. The minimum absolute atomic E-state index is 0.0359. The molecule has 2 aromatic carbocycles. The normalized spacial score (nSPS) is 17.4. The molecule has 3 rings (SSSR count). The first-order chi connectivity index (χ1) is 9.74. The van der Waals surface area contributed by atoms with Gasteiger partial charge in [-0.2, -0.15) is 0 Å². The summed E-state index contributed by atoms with van der Waals surface area (Å²) in [6, 6.07) is 16.0. The Balaban J connectivity index is 1.72. The second-order valence-electron chi connectivity index (χ2n) is 5.21. The van der Waals surface area contributed by atoms with Gasteiger partial charge in [0, 0.05) is 12.2 Å². The third kappa shape index (κ3) is 2.58. The first kappa shape index (κ1) is 12.9. The van der Waals surface area contributed by atoms with Crippen LogP contribution in [-0.4, -0.2) is 11.9 Å². The van der Waals surface area contributed by atoms with E-state index in [-0.39, 0.29) is 11.9 Å². The van der Waals surface area contributed by atoms with E-state index in [0.717, 1.165) is 24.2 Å². The maximum atomic E-state index is 12.4. The Bertz CT molecular complexity index is 636. The molecule has 1 aliphatic rings. The summed E-state index contributed by atoms with van der Waals surface area (Å²) in [5, 5.41) is 6.31. The first-order valence-electron chi connectivity index (χ1n) is 6.91. The van der Waals surface area contributed by atoms with E-state index in [2.05, 4.69) is 22.8 Å². The average Bonchev–Trinajstić information content (AvgIpc) is 2.49. The summed E-state index contributed by atoms with van der Waals surface area (Å²) in [6.07, 6.45) is 0.744. The molecule has 3 heteroatoms. The predicted octanol–water partition coefficient (Wildman–Crippen LogP) is 2.65. The Morgan fingerprint density at radius 3 is 2.60 bits per heavy atom. The summed E-state index contributed by atoms with van der Waals surface area (Å²) < 4.78 is 0. The fourth-order valence-corrected chi connectivity index (χ4v) is 2.57. The molecule has 20 heavy (non-hydrogen) atoms. The van der Waals surface area contributed by atoms with Crippen LogP contribution < -0.4 is 10.6 Å². The van der Waals surface area contributed by atoms with Gasteiger partial charge in [0.25, 0.3) is 0 Å². The Hall–Kier alpha value is -2.13. The second kappa shape index (κ2) is 5.47. The lowest BCUT2D eigenvalue weighted by atomic mass is 9.95. The van der Waals surface area contributed by atoms with Crippen molar-refractivity contribution in [1.82, 2.24) is 5.32 Å². The number of anilines is 1. The fourth-order valence-electron chi connectivity index (χ4n) is 2.57. The van der Waals surface area contributed by atoms with Gasteiger partial charge in [-0.05, 0) is 36.1 Å². The Kier molecular flexibility index (Phi) is 3.52. The number of carbonyl (C=O) groups excluding carboxylic acids is 1. The van der Waals surface area contributed by atoms with Crippen LogP contribution in [0.2, 0.25) is 0 Å². The summed E-state index contributed by atoms with van der Waals surface area (Å²) in [4.78, 5) is 12.4. The molecule has 2 N–H and O–H groups in total. The summed E-state index contributed by atoms with van der Waals surface area (Å²) in [7, 11) is 0. The highest BCUT2D eigenvalue weighted by Gasteiger charge is 2.23. The molecule has 0 saturated heterocycles. The minimum atomic E-state index is -0.162. The second-order valence-corrected chi connectivity index (χ2v) is 5.21. The van der Waals surface area contributed by atoms with Crippen LogP contribution in [0.1, 0.15) is 16.7 Å². The maximum absolute atomic E-state index is 12.4. The van der Waals surface area contributed by atoms with Gasteiger partial charge in [-0.3, -0.25) is 4.79 Å². The standard InChI is InChI=1S/C17H18N2O/c1-12-6-2-5-9-15(12)19-17(20)16-10-13-7-3-4-8-14(13)11-18-16/h2-9,16,18H,10-11H2,1H3,(H,19,20)/t16-/m1/s1. The molecular weight excluding hydrogens is 248 g/mol. The number of hydrogen-bond acceptors (Lipinski definition) is 2. The quantitative estimate of drug-likeness (QED) is 0.877. The molecule has 0 aromatic heterocycles. The molecule has 0 unspecified atom stereocenters. The van der Waals surface area contributed by atoms with Crippen molar-refractivity contribution in [3.05, 3.63) is 65.2 Å². The summed E-state index contributed by atoms with van der Waals surface area (Å²) >= 11 is 0. The number of carbonyl (C=O) groups is 1. The average molecular weight is 266 g/mol. The number of para-hydroxylation sites is 1. The molecule has 0 radical (unpaired) electrons. The molecule has 1 amide bonds. The van der Waals surface area contributed by atoms with Crippen LogP contribution in [0.3, 0.4) is 0 Å². The predicted molar refractivity (Wildman–Crippen MR) is 80.6 cm³/mol. The number of benzene rings is 2. The van der Waals surface area contributed by atoms with E-state index in [1.165, 1.54) is 11.1 Å². The number of amides is 1. The van der Waals surface area contributed by atoms with Gasteiger partial charge in [-0.25, -0.2) is 0 Å². The Labute approximate surface area is 119 Å². The van der Waals surface area contributed by atoms with E-state index in [1.807, 2.05) is 43.3 Å². The topological polar surface area (TPSA) is 41.1 Å². The molecule has 0 spiro atoms. The summed E-state index contributed by atoms with van der Waals surface area (Å²) in [5.41, 5.74) is 4.51. The zero-order valence-corrected chi connectivity index (χ0v) is 11.5. The van der Waals surface area contributed by atoms with Crippen molar-refractivity contribution in [3.8, 4) is 0 Å². The summed E-state index contributed by atoms with van der Waals surface area (Å²) in [6.45, 7) is 2.75. The van der Waals surface area contributed by atoms with Gasteiger partial charge in [0.2, 0.25) is 5.91 Å². The van der Waals surface area contributed by atoms with Crippen molar-refractivity contribution in [3.63, 3.8) is 0 Å². The first-order valence-corrected chi connectivity index (χ1v) is 6.91. The van der Waals surface area contributed by atoms with Gasteiger partial charge in [-0.15, -0.1) is 0 Å². The van der Waals surface area contributed by atoms with Crippen molar-refractivity contribution < 1.29 is 4.79 Å². The van der Waals surface area contributed by atoms with Gasteiger partial charge in [0.1, 0.15) is 0 Å². The largest absolute Gasteiger partial charge is 0.324 e. The van der Waals surface area contributed by atoms with Crippen LogP contribution in [0, 0.1) is 6.92 Å². The van der Waals surface area contributed by atoms with Crippen molar-refractivity contribution in [2.24, 2.45) is 0 Å². The SMILES string of the molecule is Cc1ccccc1NC(=O)[C@H]1Cc2ccccc2CN1. The number of hydrogen-bond donors (Lipinski definition) is 2. The van der Waals surface area contributed by atoms with Gasteiger partial charge in [-0.1, -0.05) is 42.5 Å². The molecule has 0 fully saturated rings. The van der Waals surface area contributed by atoms with Crippen LogP contribution in [0.4, 0.5) is 5.69 Å². The van der Waals surface area contributed by atoms with Crippen molar-refractivity contribution in [2.75, 3.05) is 5.32 Å². The monoisotopic (exact) mass is 266 g/mol. The highest BCUT2D eigenvalue weighted by molar-refractivity contribution is 5.95. The van der Waals surface area contributed by atoms with Crippen molar-refractivity contribution in [1.29, 1.82) is 0 Å². The highest BCUT2D eigenvalue weighted by Crippen LogP contribution is 2.18. The molecule has 0 bridgehead atoms. The lowest BCUT2D eigenvalue weighted by Crippen LogP contribution is -2.44. The van der Waals surface area contributed by atoms with Crippen LogP contribution in [-0.2, 0) is 17.8 Å². The van der Waals surface area contributed by atoms with E-state index in [9.17, 15) is 4.79 Å². The lowest BCUT2D eigenvalue weighted by molar-refractivity contribution is -0.118. The molecule has 0 aliphatic carbocycles. The molecule has 1 heterocycles. The molecule has 1 aliphatic heterocycles. The lowest BCUT2D eigenvalue weighted by Gasteiger charge is -2.25. The van der Waals surface area contributed by atoms with Gasteiger partial charge in [0.15, 0.2) is 0 Å². The minimum Gasteiger partial charge on any atom is -0.324 e. The van der Waals surface area contributed by atoms with E-state index in [1.54, 1.807) is 0 Å². The maximum Gasteiger partial charge on any atom is 0.241 e. The molecule has 0 saturated carbocycles. The van der Waals surface area contributed by atoms with E-state index >= 15 is 0 Å². The fraction of sp³-hybridized carbons (Fsp3) is 0.235. The smallest absolute Gasteiger partial charge is 0.241 e. The van der Waals surface area contributed by atoms with Crippen LogP contribution in [0.15, 0.2) is 48.5 Å². The molecule has 1 atom stereocenters. The Morgan fingerprint density at radius 1 is 1.10 bits per heavy atom. The van der Waals surface area contributed by atoms with E-state index in [4.69, 9.17) is 0 Å². The Morgan fingerprint density at radius 2 is 1.80 bits per heavy atom. The van der Waals surface area contributed by atoms with Gasteiger partial charge < -0.3 is 10.6 Å². The van der Waals surface area contributed by atoms with Crippen LogP contribution >= 0.6 is 0 Å². The van der Waals surface area contributed by atoms with Crippen LogP contribution in [0.25, 0.3) is 0 Å². The molecule has 3 nitrogen and oxygen atoms in total. The number of fused-ring (bicyclic) bond motifs is 1. The third-order valence-corrected chi connectivity index (χ3v) is 3.80. The van der Waals surface area contributed by atoms with E-state index in [0.29, 0.717) is 0 Å². The molecule has 2 aromatic rings. The zero-order valence-electron chi connectivity index (χ0n) is 11.5.